The summed E-state index contributed by atoms with van der Waals surface area (Å²) >= 11 is 0. The van der Waals surface area contributed by atoms with Crippen LogP contribution in [0, 0.1) is 12.8 Å². The van der Waals surface area contributed by atoms with E-state index in [-0.39, 0.29) is 0 Å². The zero-order chi connectivity index (χ0) is 11.5. The molecule has 2 heteroatoms. The average Bonchev–Trinajstić information content (AvgIpc) is 2.65. The van der Waals surface area contributed by atoms with E-state index in [1.807, 2.05) is 0 Å². The molecule has 2 N–H and O–H groups in total. The molecule has 0 amide bonds. The summed E-state index contributed by atoms with van der Waals surface area (Å²) in [6.45, 7) is 2.09. The lowest BCUT2D eigenvalue weighted by Crippen LogP contribution is -2.26. The van der Waals surface area contributed by atoms with Gasteiger partial charge in [-0.1, -0.05) is 24.6 Å². The molecule has 0 aliphatic heterocycles. The first-order valence-electron chi connectivity index (χ1n) is 6.10. The van der Waals surface area contributed by atoms with E-state index in [2.05, 4.69) is 25.1 Å². The summed E-state index contributed by atoms with van der Waals surface area (Å²) in [5.74, 6) is 1.68. The second-order valence-corrected chi connectivity index (χ2v) is 4.83. The van der Waals surface area contributed by atoms with Crippen molar-refractivity contribution in [2.45, 2.75) is 38.6 Å². The van der Waals surface area contributed by atoms with Crippen LogP contribution in [0.3, 0.4) is 0 Å². The Morgan fingerprint density at radius 2 is 2.19 bits per heavy atom. The number of benzene rings is 1. The van der Waals surface area contributed by atoms with Crippen LogP contribution in [-0.2, 0) is 6.42 Å². The van der Waals surface area contributed by atoms with E-state index in [0.29, 0.717) is 12.0 Å². The Balaban J connectivity index is 2.17. The normalized spacial score (nSPS) is 24.7. The molecule has 0 heterocycles. The van der Waals surface area contributed by atoms with Crippen LogP contribution in [-0.4, -0.2) is 13.2 Å². The van der Waals surface area contributed by atoms with Gasteiger partial charge in [-0.3, -0.25) is 0 Å². The average molecular weight is 219 g/mol. The van der Waals surface area contributed by atoms with Gasteiger partial charge in [0.1, 0.15) is 5.75 Å². The lowest BCUT2D eigenvalue weighted by atomic mass is 9.93. The van der Waals surface area contributed by atoms with Crippen LogP contribution in [0.4, 0.5) is 0 Å². The first-order valence-corrected chi connectivity index (χ1v) is 6.10. The van der Waals surface area contributed by atoms with Crippen molar-refractivity contribution in [3.8, 4) is 5.75 Å². The fraction of sp³-hybridized carbons (Fsp3) is 0.571. The van der Waals surface area contributed by atoms with E-state index in [1.54, 1.807) is 7.11 Å². The van der Waals surface area contributed by atoms with Crippen LogP contribution in [0.15, 0.2) is 18.2 Å². The molecular weight excluding hydrogens is 198 g/mol. The predicted molar refractivity (Wildman–Crippen MR) is 66.8 cm³/mol. The smallest absolute Gasteiger partial charge is 0.124 e. The minimum absolute atomic E-state index is 0.380. The molecule has 1 aliphatic rings. The molecular formula is C14H21NO. The topological polar surface area (TPSA) is 35.2 Å². The van der Waals surface area contributed by atoms with Gasteiger partial charge in [0.05, 0.1) is 7.11 Å². The predicted octanol–water partition coefficient (Wildman–Crippen LogP) is 2.67. The second kappa shape index (κ2) is 4.88. The third-order valence-electron chi connectivity index (χ3n) is 3.70. The molecule has 0 aromatic heterocycles. The van der Waals surface area contributed by atoms with Crippen molar-refractivity contribution in [3.63, 3.8) is 0 Å². The van der Waals surface area contributed by atoms with E-state index in [9.17, 15) is 0 Å². The van der Waals surface area contributed by atoms with Crippen LogP contribution in [0.2, 0.25) is 0 Å². The van der Waals surface area contributed by atoms with Gasteiger partial charge in [-0.05, 0) is 43.2 Å². The number of nitrogens with two attached hydrogens (primary N) is 1. The summed E-state index contributed by atoms with van der Waals surface area (Å²) in [6, 6.07) is 6.74. The molecule has 2 unspecified atom stereocenters. The van der Waals surface area contributed by atoms with Gasteiger partial charge in [-0.15, -0.1) is 0 Å². The van der Waals surface area contributed by atoms with Crippen LogP contribution < -0.4 is 10.5 Å². The Morgan fingerprint density at radius 3 is 2.81 bits per heavy atom. The van der Waals surface area contributed by atoms with Gasteiger partial charge in [0.15, 0.2) is 0 Å². The molecule has 0 spiro atoms. The van der Waals surface area contributed by atoms with E-state index in [1.165, 1.54) is 30.4 Å². The number of aryl methyl sites for hydroxylation is 1. The van der Waals surface area contributed by atoms with Crippen molar-refractivity contribution in [2.24, 2.45) is 11.7 Å². The third kappa shape index (κ3) is 2.22. The van der Waals surface area contributed by atoms with Crippen LogP contribution in [0.5, 0.6) is 5.75 Å². The summed E-state index contributed by atoms with van der Waals surface area (Å²) in [6.07, 6.45) is 4.78. The van der Waals surface area contributed by atoms with Crippen molar-refractivity contribution < 1.29 is 4.74 Å². The Kier molecular flexibility index (Phi) is 3.49. The third-order valence-corrected chi connectivity index (χ3v) is 3.70. The molecule has 2 nitrogen and oxygen atoms in total. The monoisotopic (exact) mass is 219 g/mol. The van der Waals surface area contributed by atoms with Gasteiger partial charge in [0.2, 0.25) is 0 Å². The number of ether oxygens (including phenoxy) is 1. The van der Waals surface area contributed by atoms with Crippen molar-refractivity contribution in [2.75, 3.05) is 7.11 Å². The van der Waals surface area contributed by atoms with E-state index in [0.717, 1.165) is 12.2 Å². The second-order valence-electron chi connectivity index (χ2n) is 4.83. The molecule has 2 rings (SSSR count). The highest BCUT2D eigenvalue weighted by atomic mass is 16.5. The maximum atomic E-state index is 6.12. The molecule has 1 saturated carbocycles. The molecule has 0 radical (unpaired) electrons. The van der Waals surface area contributed by atoms with Crippen LogP contribution in [0.1, 0.15) is 30.4 Å². The van der Waals surface area contributed by atoms with Crippen LogP contribution >= 0.6 is 0 Å². The molecule has 1 fully saturated rings. The first-order chi connectivity index (χ1) is 7.72. The quantitative estimate of drug-likeness (QED) is 0.848. The van der Waals surface area contributed by atoms with Gasteiger partial charge in [-0.2, -0.15) is 0 Å². The lowest BCUT2D eigenvalue weighted by Gasteiger charge is -2.18. The highest BCUT2D eigenvalue weighted by Crippen LogP contribution is 2.31. The molecule has 1 aliphatic carbocycles. The molecule has 0 bridgehead atoms. The highest BCUT2D eigenvalue weighted by Gasteiger charge is 2.25. The van der Waals surface area contributed by atoms with Crippen molar-refractivity contribution in [1.82, 2.24) is 0 Å². The Bertz CT molecular complexity index is 362. The standard InChI is InChI=1S/C14H21NO/c1-10-5-3-7-12(14(10)16-2)9-11-6-4-8-13(11)15/h3,5,7,11,13H,4,6,8-9,15H2,1-2H3. The van der Waals surface area contributed by atoms with Gasteiger partial charge in [-0.25, -0.2) is 0 Å². The summed E-state index contributed by atoms with van der Waals surface area (Å²) in [5.41, 5.74) is 8.64. The highest BCUT2D eigenvalue weighted by molar-refractivity contribution is 5.41. The SMILES string of the molecule is COc1c(C)cccc1CC1CCCC1N. The number of rotatable bonds is 3. The Labute approximate surface area is 97.8 Å². The Hall–Kier alpha value is -1.02. The molecule has 88 valence electrons. The number of hydrogen-bond acceptors (Lipinski definition) is 2. The lowest BCUT2D eigenvalue weighted by molar-refractivity contribution is 0.397. The zero-order valence-electron chi connectivity index (χ0n) is 10.2. The summed E-state index contributed by atoms with van der Waals surface area (Å²) < 4.78 is 5.48. The largest absolute Gasteiger partial charge is 0.496 e. The Morgan fingerprint density at radius 1 is 1.38 bits per heavy atom. The summed E-state index contributed by atoms with van der Waals surface area (Å²) in [4.78, 5) is 0. The fourth-order valence-electron chi connectivity index (χ4n) is 2.77. The van der Waals surface area contributed by atoms with Gasteiger partial charge >= 0.3 is 0 Å². The summed E-state index contributed by atoms with van der Waals surface area (Å²) in [7, 11) is 1.75. The molecule has 1 aromatic carbocycles. The minimum atomic E-state index is 0.380. The number of methoxy groups -OCH3 is 1. The zero-order valence-corrected chi connectivity index (χ0v) is 10.2. The number of hydrogen-bond donors (Lipinski definition) is 1. The van der Waals surface area contributed by atoms with Crippen molar-refractivity contribution >= 4 is 0 Å². The minimum Gasteiger partial charge on any atom is -0.496 e. The van der Waals surface area contributed by atoms with Gasteiger partial charge in [0.25, 0.3) is 0 Å². The summed E-state index contributed by atoms with van der Waals surface area (Å²) in [5, 5.41) is 0. The fourth-order valence-corrected chi connectivity index (χ4v) is 2.77. The number of para-hydroxylation sites is 1. The molecule has 2 atom stereocenters. The maximum absolute atomic E-state index is 6.12. The first kappa shape index (κ1) is 11.5. The molecule has 0 saturated heterocycles. The van der Waals surface area contributed by atoms with E-state index < -0.39 is 0 Å². The van der Waals surface area contributed by atoms with Gasteiger partial charge in [0, 0.05) is 6.04 Å². The van der Waals surface area contributed by atoms with E-state index >= 15 is 0 Å². The maximum Gasteiger partial charge on any atom is 0.124 e. The van der Waals surface area contributed by atoms with Crippen LogP contribution in [0.25, 0.3) is 0 Å². The molecule has 16 heavy (non-hydrogen) atoms. The molecule has 1 aromatic rings. The van der Waals surface area contributed by atoms with Gasteiger partial charge < -0.3 is 10.5 Å². The van der Waals surface area contributed by atoms with Crippen molar-refractivity contribution in [1.29, 1.82) is 0 Å². The van der Waals surface area contributed by atoms with Crippen molar-refractivity contribution in [3.05, 3.63) is 29.3 Å². The van der Waals surface area contributed by atoms with E-state index in [4.69, 9.17) is 10.5 Å².